The molecule has 0 aliphatic heterocycles. The third-order valence-corrected chi connectivity index (χ3v) is 4.84. The Labute approximate surface area is 128 Å². The summed E-state index contributed by atoms with van der Waals surface area (Å²) < 4.78 is 0. The minimum absolute atomic E-state index is 0.394. The summed E-state index contributed by atoms with van der Waals surface area (Å²) in [6.45, 7) is 4.44. The van der Waals surface area contributed by atoms with Crippen molar-refractivity contribution in [3.05, 3.63) is 69.8 Å². The average Bonchev–Trinajstić information content (AvgIpc) is 2.93. The summed E-state index contributed by atoms with van der Waals surface area (Å²) in [5.74, 6) is 0. The van der Waals surface area contributed by atoms with E-state index in [0.29, 0.717) is 6.04 Å². The molecule has 1 N–H and O–H groups in total. The molecule has 0 aromatic heterocycles. The lowest BCUT2D eigenvalue weighted by Crippen LogP contribution is -2.21. The molecule has 0 fully saturated rings. The Balaban J connectivity index is 1.88. The Morgan fingerprint density at radius 2 is 1.71 bits per heavy atom. The lowest BCUT2D eigenvalue weighted by molar-refractivity contribution is 0.585. The Kier molecular flexibility index (Phi) is 4.12. The Hall–Kier alpha value is -1.60. The lowest BCUT2D eigenvalue weighted by Gasteiger charge is -2.21. The van der Waals surface area contributed by atoms with E-state index in [9.17, 15) is 0 Å². The summed E-state index contributed by atoms with van der Waals surface area (Å²) in [6.07, 6.45) is 4.92. The lowest BCUT2D eigenvalue weighted by atomic mass is 9.91. The largest absolute Gasteiger partial charge is 0.313 e. The summed E-state index contributed by atoms with van der Waals surface area (Å²) in [5.41, 5.74) is 8.82. The van der Waals surface area contributed by atoms with E-state index in [1.54, 1.807) is 11.1 Å². The van der Waals surface area contributed by atoms with Gasteiger partial charge in [0.2, 0.25) is 0 Å². The smallest absolute Gasteiger partial charge is 0.0363 e. The molecule has 0 heterocycles. The Bertz CT molecular complexity index is 622. The third-order valence-electron chi connectivity index (χ3n) is 4.84. The van der Waals surface area contributed by atoms with Crippen LogP contribution in [0.3, 0.4) is 0 Å². The van der Waals surface area contributed by atoms with Crippen LogP contribution in [0.4, 0.5) is 0 Å². The summed E-state index contributed by atoms with van der Waals surface area (Å²) in [5, 5.41) is 3.52. The van der Waals surface area contributed by atoms with Crippen molar-refractivity contribution in [3.8, 4) is 0 Å². The molecule has 1 unspecified atom stereocenters. The summed E-state index contributed by atoms with van der Waals surface area (Å²) >= 11 is 0. The first-order valence-electron chi connectivity index (χ1n) is 8.03. The van der Waals surface area contributed by atoms with Crippen molar-refractivity contribution >= 4 is 0 Å². The van der Waals surface area contributed by atoms with E-state index in [-0.39, 0.29) is 0 Å². The first-order valence-corrected chi connectivity index (χ1v) is 8.03. The molecule has 0 saturated heterocycles. The maximum atomic E-state index is 3.52. The second-order valence-electron chi connectivity index (χ2n) is 6.31. The number of fused-ring (bicyclic) bond motifs is 1. The fourth-order valence-corrected chi connectivity index (χ4v) is 3.71. The second-order valence-corrected chi connectivity index (χ2v) is 6.31. The van der Waals surface area contributed by atoms with Crippen LogP contribution in [0.2, 0.25) is 0 Å². The van der Waals surface area contributed by atoms with Crippen LogP contribution in [0, 0.1) is 13.8 Å². The molecule has 1 aliphatic carbocycles. The van der Waals surface area contributed by atoms with Crippen LogP contribution >= 0.6 is 0 Å². The van der Waals surface area contributed by atoms with Crippen LogP contribution in [-0.4, -0.2) is 7.05 Å². The summed E-state index contributed by atoms with van der Waals surface area (Å²) in [4.78, 5) is 0. The van der Waals surface area contributed by atoms with Gasteiger partial charge in [0, 0.05) is 6.04 Å². The van der Waals surface area contributed by atoms with Crippen LogP contribution in [0.25, 0.3) is 0 Å². The third kappa shape index (κ3) is 2.89. The molecule has 1 aliphatic rings. The van der Waals surface area contributed by atoms with Gasteiger partial charge in [-0.2, -0.15) is 0 Å². The van der Waals surface area contributed by atoms with E-state index >= 15 is 0 Å². The molecule has 0 saturated carbocycles. The Morgan fingerprint density at radius 1 is 1.00 bits per heavy atom. The monoisotopic (exact) mass is 279 g/mol. The molecular weight excluding hydrogens is 254 g/mol. The molecule has 1 atom stereocenters. The fourth-order valence-electron chi connectivity index (χ4n) is 3.71. The van der Waals surface area contributed by atoms with Crippen molar-refractivity contribution < 1.29 is 0 Å². The van der Waals surface area contributed by atoms with E-state index < -0.39 is 0 Å². The number of rotatable bonds is 4. The minimum atomic E-state index is 0.394. The number of likely N-dealkylation sites (N-methyl/N-ethyl adjacent to an activating group) is 1. The molecule has 0 bridgehead atoms. The van der Waals surface area contributed by atoms with Gasteiger partial charge in [-0.25, -0.2) is 0 Å². The molecule has 2 aromatic carbocycles. The number of benzene rings is 2. The van der Waals surface area contributed by atoms with Gasteiger partial charge in [-0.3, -0.25) is 0 Å². The maximum absolute atomic E-state index is 3.52. The van der Waals surface area contributed by atoms with Crippen molar-refractivity contribution in [2.75, 3.05) is 7.05 Å². The van der Waals surface area contributed by atoms with Crippen LogP contribution in [0.5, 0.6) is 0 Å². The summed E-state index contributed by atoms with van der Waals surface area (Å²) in [6, 6.07) is 14.1. The van der Waals surface area contributed by atoms with E-state index in [1.165, 1.54) is 41.5 Å². The number of hydrogen-bond donors (Lipinski definition) is 1. The summed E-state index contributed by atoms with van der Waals surface area (Å²) in [7, 11) is 2.07. The van der Waals surface area contributed by atoms with E-state index in [4.69, 9.17) is 0 Å². The van der Waals surface area contributed by atoms with Gasteiger partial charge in [0.25, 0.3) is 0 Å². The Morgan fingerprint density at radius 3 is 2.43 bits per heavy atom. The molecular formula is C20H25N. The van der Waals surface area contributed by atoms with Crippen molar-refractivity contribution in [2.24, 2.45) is 0 Å². The van der Waals surface area contributed by atoms with Gasteiger partial charge in [-0.15, -0.1) is 0 Å². The second kappa shape index (κ2) is 6.03. The fraction of sp³-hybridized carbons (Fsp3) is 0.400. The van der Waals surface area contributed by atoms with Crippen molar-refractivity contribution in [2.45, 2.75) is 45.6 Å². The van der Waals surface area contributed by atoms with Crippen molar-refractivity contribution in [1.29, 1.82) is 0 Å². The molecule has 3 rings (SSSR count). The van der Waals surface area contributed by atoms with Crippen LogP contribution in [-0.2, 0) is 19.3 Å². The average molecular weight is 279 g/mol. The molecule has 110 valence electrons. The highest BCUT2D eigenvalue weighted by Gasteiger charge is 2.16. The predicted molar refractivity (Wildman–Crippen MR) is 89.9 cm³/mol. The molecule has 1 heteroatoms. The van der Waals surface area contributed by atoms with E-state index in [1.807, 2.05) is 0 Å². The van der Waals surface area contributed by atoms with E-state index in [0.717, 1.165) is 6.42 Å². The van der Waals surface area contributed by atoms with Gasteiger partial charge in [0.05, 0.1) is 0 Å². The van der Waals surface area contributed by atoms with Crippen molar-refractivity contribution in [3.63, 3.8) is 0 Å². The molecule has 0 spiro atoms. The molecule has 2 aromatic rings. The SMILES string of the molecule is CNC(Cc1ccc2c(c1)CCC2)c1c(C)cccc1C. The molecule has 1 nitrogen and oxygen atoms in total. The zero-order valence-corrected chi connectivity index (χ0v) is 13.4. The first-order chi connectivity index (χ1) is 10.2. The van der Waals surface area contributed by atoms with Gasteiger partial charge < -0.3 is 5.32 Å². The van der Waals surface area contributed by atoms with Crippen molar-refractivity contribution in [1.82, 2.24) is 5.32 Å². The van der Waals surface area contributed by atoms with Gasteiger partial charge in [0.1, 0.15) is 0 Å². The highest BCUT2D eigenvalue weighted by molar-refractivity contribution is 5.39. The molecule has 0 radical (unpaired) electrons. The van der Waals surface area contributed by atoms with Gasteiger partial charge >= 0.3 is 0 Å². The first kappa shape index (κ1) is 14.3. The number of nitrogens with one attached hydrogen (secondary N) is 1. The molecule has 0 amide bonds. The minimum Gasteiger partial charge on any atom is -0.313 e. The zero-order valence-electron chi connectivity index (χ0n) is 13.4. The molecule has 21 heavy (non-hydrogen) atoms. The predicted octanol–water partition coefficient (Wildman–Crippen LogP) is 4.30. The van der Waals surface area contributed by atoms with Crippen LogP contribution in [0.1, 0.15) is 45.8 Å². The maximum Gasteiger partial charge on any atom is 0.0363 e. The standard InChI is InChI=1S/C20H25N/c1-14-6-4-7-15(2)20(14)19(21-3)13-16-10-11-17-8-5-9-18(17)12-16/h4,6-7,10-12,19,21H,5,8-9,13H2,1-3H3. The number of hydrogen-bond acceptors (Lipinski definition) is 1. The highest BCUT2D eigenvalue weighted by atomic mass is 14.9. The zero-order chi connectivity index (χ0) is 14.8. The number of aryl methyl sites for hydroxylation is 4. The van der Waals surface area contributed by atoms with Gasteiger partial charge in [-0.1, -0.05) is 36.4 Å². The van der Waals surface area contributed by atoms with Gasteiger partial charge in [-0.05, 0) is 80.0 Å². The van der Waals surface area contributed by atoms with Crippen LogP contribution in [0.15, 0.2) is 36.4 Å². The quantitative estimate of drug-likeness (QED) is 0.880. The van der Waals surface area contributed by atoms with E-state index in [2.05, 4.69) is 62.6 Å². The topological polar surface area (TPSA) is 12.0 Å². The van der Waals surface area contributed by atoms with Gasteiger partial charge in [0.15, 0.2) is 0 Å². The normalized spacial score (nSPS) is 15.0. The van der Waals surface area contributed by atoms with Crippen LogP contribution < -0.4 is 5.32 Å². The highest BCUT2D eigenvalue weighted by Crippen LogP contribution is 2.28.